The highest BCUT2D eigenvalue weighted by atomic mass is 35.5. The van der Waals surface area contributed by atoms with Crippen LogP contribution in [0.3, 0.4) is 0 Å². The number of rotatable bonds is 2. The molecule has 1 aliphatic rings. The second kappa shape index (κ2) is 6.09. The summed E-state index contributed by atoms with van der Waals surface area (Å²) in [5.41, 5.74) is -0.937. The molecule has 2 rings (SSSR count). The summed E-state index contributed by atoms with van der Waals surface area (Å²) in [5.74, 6) is 0.477. The number of piperazine rings is 1. The number of carbonyl (C=O) groups excluding carboxylic acids is 1. The lowest BCUT2D eigenvalue weighted by atomic mass is 10.2. The number of nitrogens with zero attached hydrogens (tertiary/aromatic N) is 3. The van der Waals surface area contributed by atoms with Gasteiger partial charge >= 0.3 is 6.18 Å². The maximum Gasteiger partial charge on any atom is 0.419 e. The quantitative estimate of drug-likeness (QED) is 0.786. The third kappa shape index (κ3) is 3.58. The largest absolute Gasteiger partial charge is 0.419 e. The summed E-state index contributed by atoms with van der Waals surface area (Å²) in [4.78, 5) is 18.9. The molecular formula is C13H15ClF3N3O. The zero-order valence-corrected chi connectivity index (χ0v) is 12.2. The maximum atomic E-state index is 12.6. The first kappa shape index (κ1) is 15.9. The van der Waals surface area contributed by atoms with Gasteiger partial charge in [0.2, 0.25) is 5.91 Å². The summed E-state index contributed by atoms with van der Waals surface area (Å²) in [7, 11) is 0. The number of amides is 1. The SMILES string of the molecule is CCC(=O)N1CCN(c2ccc(C(F)(F)F)c(Cl)n2)CC1. The molecule has 0 atom stereocenters. The average Bonchev–Trinajstić information content (AvgIpc) is 2.45. The molecule has 2 heterocycles. The highest BCUT2D eigenvalue weighted by Crippen LogP contribution is 2.34. The topological polar surface area (TPSA) is 36.4 Å². The fraction of sp³-hybridized carbons (Fsp3) is 0.538. The van der Waals surface area contributed by atoms with Crippen molar-refractivity contribution >= 4 is 23.3 Å². The van der Waals surface area contributed by atoms with Gasteiger partial charge in [0, 0.05) is 32.6 Å². The normalized spacial score (nSPS) is 16.2. The van der Waals surface area contributed by atoms with Crippen LogP contribution in [0.25, 0.3) is 0 Å². The Balaban J connectivity index is 2.08. The Bertz CT molecular complexity index is 528. The Morgan fingerprint density at radius 3 is 2.38 bits per heavy atom. The maximum absolute atomic E-state index is 12.6. The van der Waals surface area contributed by atoms with Crippen molar-refractivity contribution in [1.82, 2.24) is 9.88 Å². The van der Waals surface area contributed by atoms with Crippen LogP contribution in [-0.4, -0.2) is 42.0 Å². The molecule has 1 aromatic heterocycles. The van der Waals surface area contributed by atoms with Crippen molar-refractivity contribution in [3.05, 3.63) is 22.8 Å². The molecule has 0 radical (unpaired) electrons. The van der Waals surface area contributed by atoms with Crippen LogP contribution in [0.1, 0.15) is 18.9 Å². The molecule has 4 nitrogen and oxygen atoms in total. The number of aromatic nitrogens is 1. The van der Waals surface area contributed by atoms with Gasteiger partial charge in [0.25, 0.3) is 0 Å². The van der Waals surface area contributed by atoms with E-state index >= 15 is 0 Å². The van der Waals surface area contributed by atoms with E-state index in [-0.39, 0.29) is 5.91 Å². The number of carbonyl (C=O) groups is 1. The molecular weight excluding hydrogens is 307 g/mol. The Morgan fingerprint density at radius 2 is 1.90 bits per heavy atom. The molecule has 21 heavy (non-hydrogen) atoms. The molecule has 8 heteroatoms. The summed E-state index contributed by atoms with van der Waals surface area (Å²) >= 11 is 5.61. The van der Waals surface area contributed by atoms with Gasteiger partial charge in [-0.05, 0) is 12.1 Å². The summed E-state index contributed by atoms with van der Waals surface area (Å²) in [6, 6.07) is 2.25. The van der Waals surface area contributed by atoms with Crippen LogP contribution in [-0.2, 0) is 11.0 Å². The third-order valence-electron chi connectivity index (χ3n) is 3.40. The van der Waals surface area contributed by atoms with Gasteiger partial charge in [-0.25, -0.2) is 4.98 Å². The molecule has 0 saturated carbocycles. The lowest BCUT2D eigenvalue weighted by Crippen LogP contribution is -2.48. The monoisotopic (exact) mass is 321 g/mol. The summed E-state index contributed by atoms with van der Waals surface area (Å²) < 4.78 is 37.9. The molecule has 0 spiro atoms. The number of halogens is 4. The Labute approximate surface area is 125 Å². The highest BCUT2D eigenvalue weighted by Gasteiger charge is 2.34. The van der Waals surface area contributed by atoms with Gasteiger partial charge in [-0.1, -0.05) is 18.5 Å². The molecule has 0 bridgehead atoms. The van der Waals surface area contributed by atoms with Crippen molar-refractivity contribution in [2.75, 3.05) is 31.1 Å². The predicted molar refractivity (Wildman–Crippen MR) is 73.3 cm³/mol. The minimum Gasteiger partial charge on any atom is -0.353 e. The van der Waals surface area contributed by atoms with Crippen LogP contribution in [0, 0.1) is 0 Å². The van der Waals surface area contributed by atoms with Crippen molar-refractivity contribution in [3.63, 3.8) is 0 Å². The van der Waals surface area contributed by atoms with Crippen LogP contribution in [0.5, 0.6) is 0 Å². The smallest absolute Gasteiger partial charge is 0.353 e. The summed E-state index contributed by atoms with van der Waals surface area (Å²) in [6.07, 6.45) is -4.06. The molecule has 1 saturated heterocycles. The Kier molecular flexibility index (Phi) is 4.61. The van der Waals surface area contributed by atoms with E-state index in [9.17, 15) is 18.0 Å². The molecule has 1 aromatic rings. The van der Waals surface area contributed by atoms with Crippen molar-refractivity contribution in [3.8, 4) is 0 Å². The van der Waals surface area contributed by atoms with E-state index in [4.69, 9.17) is 11.6 Å². The fourth-order valence-electron chi connectivity index (χ4n) is 2.22. The predicted octanol–water partition coefficient (Wildman–Crippen LogP) is 2.81. The zero-order valence-electron chi connectivity index (χ0n) is 11.5. The lowest BCUT2D eigenvalue weighted by Gasteiger charge is -2.35. The summed E-state index contributed by atoms with van der Waals surface area (Å²) in [5, 5.41) is -0.549. The average molecular weight is 322 g/mol. The van der Waals surface area contributed by atoms with E-state index in [0.717, 1.165) is 6.07 Å². The van der Waals surface area contributed by atoms with Gasteiger partial charge in [-0.3, -0.25) is 4.79 Å². The van der Waals surface area contributed by atoms with E-state index in [1.54, 1.807) is 11.8 Å². The Morgan fingerprint density at radius 1 is 1.29 bits per heavy atom. The lowest BCUT2D eigenvalue weighted by molar-refractivity contribution is -0.137. The van der Waals surface area contributed by atoms with Crippen molar-refractivity contribution in [1.29, 1.82) is 0 Å². The molecule has 1 amide bonds. The minimum absolute atomic E-state index is 0.0769. The van der Waals surface area contributed by atoms with Gasteiger partial charge in [0.1, 0.15) is 11.0 Å². The van der Waals surface area contributed by atoms with Gasteiger partial charge < -0.3 is 9.80 Å². The van der Waals surface area contributed by atoms with E-state index in [1.165, 1.54) is 6.07 Å². The Hall–Kier alpha value is -1.50. The summed E-state index contributed by atoms with van der Waals surface area (Å²) in [6.45, 7) is 3.92. The van der Waals surface area contributed by atoms with E-state index in [1.807, 2.05) is 4.90 Å². The first-order valence-corrected chi connectivity index (χ1v) is 6.97. The van der Waals surface area contributed by atoms with Crippen molar-refractivity contribution in [2.24, 2.45) is 0 Å². The van der Waals surface area contributed by atoms with Crippen LogP contribution in [0.2, 0.25) is 5.15 Å². The van der Waals surface area contributed by atoms with E-state index in [2.05, 4.69) is 4.98 Å². The van der Waals surface area contributed by atoms with Crippen LogP contribution < -0.4 is 4.90 Å². The van der Waals surface area contributed by atoms with Gasteiger partial charge in [0.15, 0.2) is 0 Å². The number of anilines is 1. The van der Waals surface area contributed by atoms with Gasteiger partial charge in [-0.15, -0.1) is 0 Å². The van der Waals surface area contributed by atoms with Crippen LogP contribution in [0.15, 0.2) is 12.1 Å². The number of pyridine rings is 1. The zero-order chi connectivity index (χ0) is 15.6. The molecule has 0 unspecified atom stereocenters. The minimum atomic E-state index is -4.51. The standard InChI is InChI=1S/C13H15ClF3N3O/c1-2-11(21)20-7-5-19(6-8-20)10-4-3-9(12(14)18-10)13(15,16)17/h3-4H,2,5-8H2,1H3. The fourth-order valence-corrected chi connectivity index (χ4v) is 2.48. The van der Waals surface area contributed by atoms with Crippen molar-refractivity contribution < 1.29 is 18.0 Å². The molecule has 1 aliphatic heterocycles. The first-order chi connectivity index (χ1) is 9.82. The van der Waals surface area contributed by atoms with Gasteiger partial charge in [-0.2, -0.15) is 13.2 Å². The number of alkyl halides is 3. The first-order valence-electron chi connectivity index (χ1n) is 6.59. The second-order valence-corrected chi connectivity index (χ2v) is 5.08. The molecule has 0 N–H and O–H groups in total. The molecule has 0 aromatic carbocycles. The van der Waals surface area contributed by atoms with E-state index in [0.29, 0.717) is 38.4 Å². The number of hydrogen-bond acceptors (Lipinski definition) is 3. The molecule has 116 valence electrons. The third-order valence-corrected chi connectivity index (χ3v) is 3.69. The molecule has 0 aliphatic carbocycles. The second-order valence-electron chi connectivity index (χ2n) is 4.73. The number of hydrogen-bond donors (Lipinski definition) is 0. The van der Waals surface area contributed by atoms with Crippen LogP contribution in [0.4, 0.5) is 19.0 Å². The van der Waals surface area contributed by atoms with Crippen LogP contribution >= 0.6 is 11.6 Å². The van der Waals surface area contributed by atoms with Gasteiger partial charge in [0.05, 0.1) is 5.56 Å². The van der Waals surface area contributed by atoms with Crippen molar-refractivity contribution in [2.45, 2.75) is 19.5 Å². The highest BCUT2D eigenvalue weighted by molar-refractivity contribution is 6.30. The molecule has 1 fully saturated rings. The van der Waals surface area contributed by atoms with E-state index < -0.39 is 16.9 Å².